The molecule has 0 fully saturated rings. The normalized spacial score (nSPS) is 11.7. The maximum absolute atomic E-state index is 12.1. The summed E-state index contributed by atoms with van der Waals surface area (Å²) >= 11 is 0. The van der Waals surface area contributed by atoms with Gasteiger partial charge in [-0.2, -0.15) is 4.31 Å². The van der Waals surface area contributed by atoms with E-state index in [9.17, 15) is 13.2 Å². The Labute approximate surface area is 126 Å². The lowest BCUT2D eigenvalue weighted by molar-refractivity contribution is -0.116. The molecule has 0 atom stereocenters. The van der Waals surface area contributed by atoms with Gasteiger partial charge in [0.25, 0.3) is 0 Å². The molecule has 21 heavy (non-hydrogen) atoms. The molecule has 0 aromatic heterocycles. The molecule has 1 aromatic carbocycles. The van der Waals surface area contributed by atoms with Crippen molar-refractivity contribution in [3.8, 4) is 0 Å². The summed E-state index contributed by atoms with van der Waals surface area (Å²) in [6.45, 7) is 7.46. The highest BCUT2D eigenvalue weighted by Crippen LogP contribution is 2.23. The summed E-state index contributed by atoms with van der Waals surface area (Å²) in [5.41, 5.74) is 1.73. The molecule has 116 valence electrons. The molecule has 5 nitrogen and oxygen atoms in total. The molecule has 1 rings (SSSR count). The van der Waals surface area contributed by atoms with Gasteiger partial charge in [-0.25, -0.2) is 8.42 Å². The molecule has 0 saturated carbocycles. The first-order valence-electron chi connectivity index (χ1n) is 6.70. The quantitative estimate of drug-likeness (QED) is 0.785. The van der Waals surface area contributed by atoms with Gasteiger partial charge in [0.2, 0.25) is 15.9 Å². The number of carbonyl (C=O) groups excluding carboxylic acids is 1. The van der Waals surface area contributed by atoms with Crippen molar-refractivity contribution in [3.05, 3.63) is 42.5 Å². The van der Waals surface area contributed by atoms with Crippen molar-refractivity contribution in [2.24, 2.45) is 0 Å². The predicted molar refractivity (Wildman–Crippen MR) is 85.8 cm³/mol. The number of hydrogen-bond donors (Lipinski definition) is 1. The summed E-state index contributed by atoms with van der Waals surface area (Å²) in [6.07, 6.45) is 2.53. The van der Waals surface area contributed by atoms with Crippen molar-refractivity contribution in [1.29, 1.82) is 0 Å². The third-order valence-corrected chi connectivity index (χ3v) is 4.19. The van der Waals surface area contributed by atoms with E-state index in [1.165, 1.54) is 6.08 Å². The van der Waals surface area contributed by atoms with E-state index in [0.29, 0.717) is 5.69 Å². The number of anilines is 1. The van der Waals surface area contributed by atoms with E-state index in [-0.39, 0.29) is 24.9 Å². The van der Waals surface area contributed by atoms with Crippen LogP contribution in [0.25, 0.3) is 0 Å². The van der Waals surface area contributed by atoms with E-state index in [0.717, 1.165) is 16.1 Å². The highest BCUT2D eigenvalue weighted by Gasteiger charge is 2.19. The molecule has 0 aliphatic rings. The van der Waals surface area contributed by atoms with Crippen LogP contribution < -0.4 is 5.32 Å². The summed E-state index contributed by atoms with van der Waals surface area (Å²) in [7, 11) is -3.44. The molecule has 0 aliphatic carbocycles. The first-order valence-corrected chi connectivity index (χ1v) is 8.55. The van der Waals surface area contributed by atoms with Crippen LogP contribution in [-0.4, -0.2) is 38.0 Å². The summed E-state index contributed by atoms with van der Waals surface area (Å²) in [4.78, 5) is 12.1. The van der Waals surface area contributed by atoms with Crippen molar-refractivity contribution in [1.82, 2.24) is 4.31 Å². The average molecular weight is 310 g/mol. The molecule has 0 unspecified atom stereocenters. The van der Waals surface area contributed by atoms with Crippen LogP contribution in [0, 0.1) is 0 Å². The third kappa shape index (κ3) is 5.32. The minimum absolute atomic E-state index is 0.109. The van der Waals surface area contributed by atoms with Crippen LogP contribution in [0.2, 0.25) is 0 Å². The van der Waals surface area contributed by atoms with E-state index in [2.05, 4.69) is 11.9 Å². The van der Waals surface area contributed by atoms with Crippen LogP contribution in [-0.2, 0) is 14.8 Å². The Morgan fingerprint density at radius 3 is 2.52 bits per heavy atom. The smallest absolute Gasteiger partial charge is 0.239 e. The lowest BCUT2D eigenvalue weighted by Crippen LogP contribution is -2.37. The first-order chi connectivity index (χ1) is 9.75. The van der Waals surface area contributed by atoms with Crippen LogP contribution in [0.5, 0.6) is 0 Å². The van der Waals surface area contributed by atoms with Crippen molar-refractivity contribution in [2.75, 3.05) is 24.7 Å². The fourth-order valence-electron chi connectivity index (χ4n) is 1.93. The maximum atomic E-state index is 12.1. The Hall–Kier alpha value is -1.66. The molecule has 0 aliphatic heterocycles. The topological polar surface area (TPSA) is 66.5 Å². The van der Waals surface area contributed by atoms with Crippen molar-refractivity contribution < 1.29 is 13.2 Å². The summed E-state index contributed by atoms with van der Waals surface area (Å²) in [5, 5.41) is 2.77. The Balaban J connectivity index is 2.84. The largest absolute Gasteiger partial charge is 0.325 e. The highest BCUT2D eigenvalue weighted by atomic mass is 32.2. The van der Waals surface area contributed by atoms with Gasteiger partial charge in [-0.05, 0) is 17.5 Å². The van der Waals surface area contributed by atoms with Gasteiger partial charge in [0.1, 0.15) is 0 Å². The molecular weight excluding hydrogens is 288 g/mol. The molecule has 1 aromatic rings. The lowest BCUT2D eigenvalue weighted by Gasteiger charge is -2.19. The van der Waals surface area contributed by atoms with Crippen molar-refractivity contribution in [2.45, 2.75) is 19.8 Å². The van der Waals surface area contributed by atoms with E-state index < -0.39 is 10.0 Å². The molecule has 1 amide bonds. The molecule has 0 heterocycles. The Morgan fingerprint density at radius 2 is 2.00 bits per heavy atom. The van der Waals surface area contributed by atoms with Gasteiger partial charge in [0, 0.05) is 12.2 Å². The highest BCUT2D eigenvalue weighted by molar-refractivity contribution is 7.88. The van der Waals surface area contributed by atoms with Gasteiger partial charge in [-0.15, -0.1) is 6.58 Å². The van der Waals surface area contributed by atoms with Crippen LogP contribution in [0.15, 0.2) is 36.9 Å². The third-order valence-electron chi connectivity index (χ3n) is 2.98. The summed E-state index contributed by atoms with van der Waals surface area (Å²) in [6, 6.07) is 7.49. The van der Waals surface area contributed by atoms with Crippen molar-refractivity contribution in [3.63, 3.8) is 0 Å². The number of carbonyl (C=O) groups is 1. The van der Waals surface area contributed by atoms with Gasteiger partial charge < -0.3 is 5.32 Å². The number of rotatable bonds is 7. The number of nitrogens with one attached hydrogen (secondary N) is 1. The number of hydrogen-bond acceptors (Lipinski definition) is 3. The second-order valence-corrected chi connectivity index (χ2v) is 7.12. The van der Waals surface area contributed by atoms with Gasteiger partial charge in [0.15, 0.2) is 0 Å². The Morgan fingerprint density at radius 1 is 1.38 bits per heavy atom. The van der Waals surface area contributed by atoms with Crippen LogP contribution in [0.3, 0.4) is 0 Å². The number of benzene rings is 1. The average Bonchev–Trinajstić information content (AvgIpc) is 2.37. The van der Waals surface area contributed by atoms with Crippen LogP contribution in [0.1, 0.15) is 25.3 Å². The number of sulfonamides is 1. The van der Waals surface area contributed by atoms with E-state index in [4.69, 9.17) is 0 Å². The lowest BCUT2D eigenvalue weighted by atomic mass is 10.0. The van der Waals surface area contributed by atoms with E-state index in [1.807, 2.05) is 38.1 Å². The molecular formula is C15H22N2O3S. The number of para-hydroxylation sites is 1. The van der Waals surface area contributed by atoms with Gasteiger partial charge in [-0.1, -0.05) is 38.1 Å². The summed E-state index contributed by atoms with van der Waals surface area (Å²) < 4.78 is 24.2. The molecule has 0 spiro atoms. The Kier molecular flexibility index (Phi) is 6.11. The zero-order valence-corrected chi connectivity index (χ0v) is 13.5. The van der Waals surface area contributed by atoms with Gasteiger partial charge in [-0.3, -0.25) is 4.79 Å². The Bertz CT molecular complexity index is 609. The fourth-order valence-corrected chi connectivity index (χ4v) is 2.65. The maximum Gasteiger partial charge on any atom is 0.239 e. The van der Waals surface area contributed by atoms with E-state index >= 15 is 0 Å². The number of nitrogens with zero attached hydrogens (tertiary/aromatic N) is 1. The summed E-state index contributed by atoms with van der Waals surface area (Å²) in [5.74, 6) is -0.101. The van der Waals surface area contributed by atoms with Crippen LogP contribution >= 0.6 is 0 Å². The first kappa shape index (κ1) is 17.4. The molecule has 0 radical (unpaired) electrons. The zero-order chi connectivity index (χ0) is 16.0. The minimum Gasteiger partial charge on any atom is -0.325 e. The number of amides is 1. The fraction of sp³-hybridized carbons (Fsp3) is 0.400. The van der Waals surface area contributed by atoms with Crippen molar-refractivity contribution >= 4 is 21.6 Å². The van der Waals surface area contributed by atoms with Crippen LogP contribution in [0.4, 0.5) is 5.69 Å². The zero-order valence-electron chi connectivity index (χ0n) is 12.7. The SMILES string of the molecule is C=CCN(CC(=O)Nc1ccccc1C(C)C)S(C)(=O)=O. The minimum atomic E-state index is -3.44. The second-order valence-electron chi connectivity index (χ2n) is 5.13. The monoisotopic (exact) mass is 310 g/mol. The van der Waals surface area contributed by atoms with E-state index in [1.54, 1.807) is 0 Å². The van der Waals surface area contributed by atoms with Gasteiger partial charge in [0.05, 0.1) is 12.8 Å². The second kappa shape index (κ2) is 7.38. The standard InChI is InChI=1S/C15H22N2O3S/c1-5-10-17(21(4,19)20)11-15(18)16-14-9-7-6-8-13(14)12(2)3/h5-9,12H,1,10-11H2,2-4H3,(H,16,18). The molecule has 1 N–H and O–H groups in total. The molecule has 6 heteroatoms. The van der Waals surface area contributed by atoms with Gasteiger partial charge >= 0.3 is 0 Å². The predicted octanol–water partition coefficient (Wildman–Crippen LogP) is 2.20. The molecule has 0 saturated heterocycles. The molecule has 0 bridgehead atoms.